The van der Waals surface area contributed by atoms with E-state index in [1.165, 1.54) is 0 Å². The first-order chi connectivity index (χ1) is 10.6. The van der Waals surface area contributed by atoms with E-state index in [0.29, 0.717) is 25.9 Å². The third-order valence-corrected chi connectivity index (χ3v) is 5.78. The number of thioether (sulfide) groups is 1. The van der Waals surface area contributed by atoms with E-state index in [1.54, 1.807) is 11.8 Å². The average molecular weight is 341 g/mol. The van der Waals surface area contributed by atoms with Gasteiger partial charge in [0, 0.05) is 26.2 Å². The minimum atomic E-state index is -1.14. The molecule has 2 aliphatic rings. The molecule has 0 atom stereocenters. The normalized spacial score (nSPS) is 21.7. The summed E-state index contributed by atoms with van der Waals surface area (Å²) in [5.74, 6) is 1.63. The second-order valence-corrected chi connectivity index (χ2v) is 7.51. The maximum absolute atomic E-state index is 12.6. The van der Waals surface area contributed by atoms with Crippen LogP contribution in [-0.2, 0) is 4.79 Å². The van der Waals surface area contributed by atoms with Crippen LogP contribution < -0.4 is 4.90 Å². The second-order valence-electron chi connectivity index (χ2n) is 5.87. The van der Waals surface area contributed by atoms with Crippen LogP contribution in [0.1, 0.15) is 12.8 Å². The fourth-order valence-electron chi connectivity index (χ4n) is 3.08. The third-order valence-electron chi connectivity index (χ3n) is 4.48. The van der Waals surface area contributed by atoms with Crippen molar-refractivity contribution in [2.24, 2.45) is 0 Å². The molecule has 0 saturated carbocycles. The van der Waals surface area contributed by atoms with Crippen LogP contribution in [0.3, 0.4) is 0 Å². The maximum Gasteiger partial charge on any atom is 0.254 e. The minimum absolute atomic E-state index is 0.0911. The summed E-state index contributed by atoms with van der Waals surface area (Å²) in [5, 5.41) is 11.3. The predicted octanol–water partition coefficient (Wildman–Crippen LogP) is 2.25. The van der Waals surface area contributed by atoms with E-state index in [2.05, 4.69) is 4.90 Å². The van der Waals surface area contributed by atoms with Crippen LogP contribution in [-0.4, -0.2) is 59.2 Å². The van der Waals surface area contributed by atoms with Crippen LogP contribution >= 0.6 is 23.4 Å². The molecule has 2 saturated heterocycles. The molecule has 4 nitrogen and oxygen atoms in total. The van der Waals surface area contributed by atoms with Gasteiger partial charge in [0.2, 0.25) is 0 Å². The number of carbonyl (C=O) groups excluding carboxylic acids is 1. The number of anilines is 1. The molecule has 0 radical (unpaired) electrons. The van der Waals surface area contributed by atoms with Crippen molar-refractivity contribution in [3.8, 4) is 0 Å². The Hall–Kier alpha value is -0.910. The molecule has 2 fully saturated rings. The van der Waals surface area contributed by atoms with Crippen molar-refractivity contribution in [1.82, 2.24) is 4.90 Å². The van der Waals surface area contributed by atoms with Gasteiger partial charge in [-0.3, -0.25) is 4.79 Å². The van der Waals surface area contributed by atoms with Gasteiger partial charge < -0.3 is 14.9 Å². The molecule has 1 amide bonds. The van der Waals surface area contributed by atoms with Gasteiger partial charge in [0.1, 0.15) is 5.60 Å². The van der Waals surface area contributed by atoms with Crippen LogP contribution in [0.15, 0.2) is 24.3 Å². The van der Waals surface area contributed by atoms with E-state index in [9.17, 15) is 9.90 Å². The Balaban J connectivity index is 1.62. The van der Waals surface area contributed by atoms with Crippen LogP contribution in [0.25, 0.3) is 0 Å². The number of para-hydroxylation sites is 1. The highest BCUT2D eigenvalue weighted by molar-refractivity contribution is 7.99. The molecule has 1 N–H and O–H groups in total. The van der Waals surface area contributed by atoms with Crippen LogP contribution in [0.4, 0.5) is 5.69 Å². The number of hydrogen-bond acceptors (Lipinski definition) is 4. The Morgan fingerprint density at radius 3 is 2.41 bits per heavy atom. The van der Waals surface area contributed by atoms with Crippen molar-refractivity contribution in [2.75, 3.05) is 42.6 Å². The smallest absolute Gasteiger partial charge is 0.254 e. The van der Waals surface area contributed by atoms with E-state index in [-0.39, 0.29) is 5.91 Å². The Morgan fingerprint density at radius 2 is 1.77 bits per heavy atom. The average Bonchev–Trinajstić information content (AvgIpc) is 2.55. The fraction of sp³-hybridized carbons (Fsp3) is 0.562. The Labute approximate surface area is 140 Å². The molecule has 0 bridgehead atoms. The molecule has 22 heavy (non-hydrogen) atoms. The van der Waals surface area contributed by atoms with E-state index in [1.807, 2.05) is 29.2 Å². The number of rotatable bonds is 2. The molecule has 6 heteroatoms. The quantitative estimate of drug-likeness (QED) is 0.896. The van der Waals surface area contributed by atoms with Crippen molar-refractivity contribution in [1.29, 1.82) is 0 Å². The molecule has 1 aromatic carbocycles. The van der Waals surface area contributed by atoms with E-state index in [4.69, 9.17) is 11.6 Å². The highest BCUT2D eigenvalue weighted by atomic mass is 35.5. The van der Waals surface area contributed by atoms with Gasteiger partial charge in [-0.25, -0.2) is 0 Å². The molecule has 1 aromatic rings. The van der Waals surface area contributed by atoms with Crippen LogP contribution in [0, 0.1) is 0 Å². The van der Waals surface area contributed by atoms with Gasteiger partial charge in [0.15, 0.2) is 0 Å². The lowest BCUT2D eigenvalue weighted by atomic mass is 9.94. The summed E-state index contributed by atoms with van der Waals surface area (Å²) in [6, 6.07) is 7.78. The molecule has 120 valence electrons. The summed E-state index contributed by atoms with van der Waals surface area (Å²) in [4.78, 5) is 16.6. The highest BCUT2D eigenvalue weighted by Crippen LogP contribution is 2.30. The molecule has 3 rings (SSSR count). The lowest BCUT2D eigenvalue weighted by molar-refractivity contribution is -0.152. The predicted molar refractivity (Wildman–Crippen MR) is 91.8 cm³/mol. The Kier molecular flexibility index (Phi) is 4.85. The number of halogens is 1. The van der Waals surface area contributed by atoms with E-state index < -0.39 is 5.60 Å². The number of nitrogens with zero attached hydrogens (tertiary/aromatic N) is 2. The van der Waals surface area contributed by atoms with Crippen molar-refractivity contribution < 1.29 is 9.90 Å². The first kappa shape index (κ1) is 16.0. The number of carbonyl (C=O) groups is 1. The summed E-state index contributed by atoms with van der Waals surface area (Å²) in [6.07, 6.45) is 1.14. The van der Waals surface area contributed by atoms with Crippen molar-refractivity contribution >= 4 is 35.0 Å². The minimum Gasteiger partial charge on any atom is -0.380 e. The molecular formula is C16H21ClN2O2S. The van der Waals surface area contributed by atoms with Gasteiger partial charge >= 0.3 is 0 Å². The van der Waals surface area contributed by atoms with Gasteiger partial charge in [0.05, 0.1) is 10.7 Å². The molecule has 0 unspecified atom stereocenters. The lowest BCUT2D eigenvalue weighted by Gasteiger charge is -2.41. The van der Waals surface area contributed by atoms with Gasteiger partial charge in [-0.2, -0.15) is 11.8 Å². The Bertz CT molecular complexity index is 541. The first-order valence-electron chi connectivity index (χ1n) is 7.69. The zero-order valence-corrected chi connectivity index (χ0v) is 14.1. The van der Waals surface area contributed by atoms with Gasteiger partial charge in [0.25, 0.3) is 5.91 Å². The third kappa shape index (κ3) is 3.21. The molecule has 0 aromatic heterocycles. The lowest BCUT2D eigenvalue weighted by Crippen LogP contribution is -2.57. The number of amides is 1. The summed E-state index contributed by atoms with van der Waals surface area (Å²) >= 11 is 8.04. The van der Waals surface area contributed by atoms with E-state index >= 15 is 0 Å². The number of piperazine rings is 1. The molecular weight excluding hydrogens is 320 g/mol. The van der Waals surface area contributed by atoms with Crippen LogP contribution in [0.2, 0.25) is 5.02 Å². The molecule has 2 aliphatic heterocycles. The zero-order chi connectivity index (χ0) is 15.6. The summed E-state index contributed by atoms with van der Waals surface area (Å²) < 4.78 is 0. The zero-order valence-electron chi connectivity index (χ0n) is 12.5. The van der Waals surface area contributed by atoms with E-state index in [0.717, 1.165) is 35.3 Å². The largest absolute Gasteiger partial charge is 0.380 e. The number of benzene rings is 1. The number of hydrogen-bond donors (Lipinski definition) is 1. The summed E-state index contributed by atoms with van der Waals surface area (Å²) in [6.45, 7) is 2.78. The maximum atomic E-state index is 12.6. The fourth-order valence-corrected chi connectivity index (χ4v) is 4.50. The van der Waals surface area contributed by atoms with Crippen molar-refractivity contribution in [3.05, 3.63) is 29.3 Å². The molecule has 0 aliphatic carbocycles. The monoisotopic (exact) mass is 340 g/mol. The standard InChI is InChI=1S/C16H21ClN2O2S/c17-13-3-1-2-4-14(13)18-7-9-19(10-8-18)15(20)16(21)5-11-22-12-6-16/h1-4,21H,5-12H2. The topological polar surface area (TPSA) is 43.8 Å². The summed E-state index contributed by atoms with van der Waals surface area (Å²) in [7, 11) is 0. The second kappa shape index (κ2) is 6.69. The van der Waals surface area contributed by atoms with Gasteiger partial charge in [-0.05, 0) is 36.5 Å². The first-order valence-corrected chi connectivity index (χ1v) is 9.22. The van der Waals surface area contributed by atoms with Gasteiger partial charge in [-0.15, -0.1) is 0 Å². The van der Waals surface area contributed by atoms with Gasteiger partial charge in [-0.1, -0.05) is 23.7 Å². The number of aliphatic hydroxyl groups is 1. The van der Waals surface area contributed by atoms with Crippen molar-refractivity contribution in [3.63, 3.8) is 0 Å². The molecule has 2 heterocycles. The SMILES string of the molecule is O=C(N1CCN(c2ccccc2Cl)CC1)C1(O)CCSCC1. The highest BCUT2D eigenvalue weighted by Gasteiger charge is 2.41. The Morgan fingerprint density at radius 1 is 1.14 bits per heavy atom. The summed E-state index contributed by atoms with van der Waals surface area (Å²) in [5.41, 5.74) is -0.123. The molecule has 0 spiro atoms. The van der Waals surface area contributed by atoms with Crippen molar-refractivity contribution in [2.45, 2.75) is 18.4 Å². The van der Waals surface area contributed by atoms with Crippen LogP contribution in [0.5, 0.6) is 0 Å².